The molecular weight excluding hydrogens is 288 g/mol. The first-order chi connectivity index (χ1) is 11.3. The number of unbranched alkanes of at least 4 members (excludes halogenated alkanes) is 1. The molecule has 5 heteroatoms. The Morgan fingerprint density at radius 2 is 2.04 bits per heavy atom. The predicted molar refractivity (Wildman–Crippen MR) is 92.4 cm³/mol. The van der Waals surface area contributed by atoms with Gasteiger partial charge >= 0.3 is 0 Å². The highest BCUT2D eigenvalue weighted by Gasteiger charge is 2.17. The SMILES string of the molecule is CCCCc1nc2ccccc2n1CCC(=O)N1CCNCC1. The van der Waals surface area contributed by atoms with Gasteiger partial charge in [0.1, 0.15) is 5.82 Å². The van der Waals surface area contributed by atoms with Gasteiger partial charge in [0.2, 0.25) is 5.91 Å². The second kappa shape index (κ2) is 7.59. The van der Waals surface area contributed by atoms with Gasteiger partial charge in [-0.1, -0.05) is 25.5 Å². The Balaban J connectivity index is 1.73. The molecule has 124 valence electrons. The van der Waals surface area contributed by atoms with E-state index in [2.05, 4.69) is 28.9 Å². The van der Waals surface area contributed by atoms with Crippen molar-refractivity contribution in [1.29, 1.82) is 0 Å². The molecule has 1 aliphatic rings. The topological polar surface area (TPSA) is 50.2 Å². The molecule has 0 radical (unpaired) electrons. The van der Waals surface area contributed by atoms with E-state index in [0.717, 1.165) is 68.8 Å². The van der Waals surface area contributed by atoms with E-state index in [4.69, 9.17) is 4.98 Å². The molecule has 2 heterocycles. The van der Waals surface area contributed by atoms with E-state index in [1.165, 1.54) is 0 Å². The molecule has 5 nitrogen and oxygen atoms in total. The fraction of sp³-hybridized carbons (Fsp3) is 0.556. The van der Waals surface area contributed by atoms with E-state index >= 15 is 0 Å². The first-order valence-electron chi connectivity index (χ1n) is 8.72. The number of benzene rings is 1. The van der Waals surface area contributed by atoms with Gasteiger partial charge in [-0.15, -0.1) is 0 Å². The van der Waals surface area contributed by atoms with Crippen molar-refractivity contribution in [2.24, 2.45) is 0 Å². The molecule has 3 rings (SSSR count). The number of imidazole rings is 1. The zero-order chi connectivity index (χ0) is 16.1. The summed E-state index contributed by atoms with van der Waals surface area (Å²) in [6.07, 6.45) is 3.82. The van der Waals surface area contributed by atoms with Crippen LogP contribution in [0.15, 0.2) is 24.3 Å². The molecule has 0 unspecified atom stereocenters. The molecule has 0 saturated carbocycles. The fourth-order valence-corrected chi connectivity index (χ4v) is 3.18. The van der Waals surface area contributed by atoms with Gasteiger partial charge in [-0.25, -0.2) is 4.98 Å². The van der Waals surface area contributed by atoms with Gasteiger partial charge < -0.3 is 14.8 Å². The second-order valence-electron chi connectivity index (χ2n) is 6.15. The summed E-state index contributed by atoms with van der Waals surface area (Å²) in [5, 5.41) is 3.29. The summed E-state index contributed by atoms with van der Waals surface area (Å²) >= 11 is 0. The maximum atomic E-state index is 12.4. The lowest BCUT2D eigenvalue weighted by Crippen LogP contribution is -2.46. The molecule has 1 N–H and O–H groups in total. The minimum atomic E-state index is 0.255. The Bertz CT molecular complexity index is 658. The number of carbonyl (C=O) groups excluding carboxylic acids is 1. The molecule has 1 fully saturated rings. The fourth-order valence-electron chi connectivity index (χ4n) is 3.18. The van der Waals surface area contributed by atoms with Crippen molar-refractivity contribution in [3.8, 4) is 0 Å². The Kier molecular flexibility index (Phi) is 5.28. The van der Waals surface area contributed by atoms with E-state index in [-0.39, 0.29) is 5.91 Å². The Labute approximate surface area is 137 Å². The number of nitrogens with zero attached hydrogens (tertiary/aromatic N) is 3. The molecule has 0 bridgehead atoms. The van der Waals surface area contributed by atoms with Crippen LogP contribution in [-0.2, 0) is 17.8 Å². The smallest absolute Gasteiger partial charge is 0.224 e. The monoisotopic (exact) mass is 314 g/mol. The number of nitrogens with one attached hydrogen (secondary N) is 1. The summed E-state index contributed by atoms with van der Waals surface area (Å²) in [6.45, 7) is 6.38. The summed E-state index contributed by atoms with van der Waals surface area (Å²) in [7, 11) is 0. The number of rotatable bonds is 6. The molecule has 0 aliphatic carbocycles. The zero-order valence-electron chi connectivity index (χ0n) is 13.9. The van der Waals surface area contributed by atoms with Crippen molar-refractivity contribution >= 4 is 16.9 Å². The van der Waals surface area contributed by atoms with E-state index in [1.54, 1.807) is 0 Å². The molecular formula is C18H26N4O. The van der Waals surface area contributed by atoms with E-state index in [1.807, 2.05) is 17.0 Å². The Hall–Kier alpha value is -1.88. The number of para-hydroxylation sites is 2. The minimum Gasteiger partial charge on any atom is -0.340 e. The maximum Gasteiger partial charge on any atom is 0.224 e. The molecule has 23 heavy (non-hydrogen) atoms. The third kappa shape index (κ3) is 3.72. The van der Waals surface area contributed by atoms with Gasteiger partial charge in [0.15, 0.2) is 0 Å². The van der Waals surface area contributed by atoms with Crippen LogP contribution < -0.4 is 5.32 Å². The number of fused-ring (bicyclic) bond motifs is 1. The lowest BCUT2D eigenvalue weighted by molar-refractivity contribution is -0.131. The van der Waals surface area contributed by atoms with Crippen molar-refractivity contribution in [3.05, 3.63) is 30.1 Å². The largest absolute Gasteiger partial charge is 0.340 e. The number of piperazine rings is 1. The van der Waals surface area contributed by atoms with Crippen LogP contribution in [0.4, 0.5) is 0 Å². The van der Waals surface area contributed by atoms with Gasteiger partial charge in [-0.2, -0.15) is 0 Å². The highest BCUT2D eigenvalue weighted by atomic mass is 16.2. The van der Waals surface area contributed by atoms with Crippen LogP contribution in [0, 0.1) is 0 Å². The highest BCUT2D eigenvalue weighted by Crippen LogP contribution is 2.18. The molecule has 1 amide bonds. The summed E-state index contributed by atoms with van der Waals surface area (Å²) in [5.74, 6) is 1.37. The van der Waals surface area contributed by atoms with Crippen LogP contribution in [0.25, 0.3) is 11.0 Å². The van der Waals surface area contributed by atoms with Crippen LogP contribution in [-0.4, -0.2) is 46.5 Å². The average Bonchev–Trinajstić information content (AvgIpc) is 2.96. The second-order valence-corrected chi connectivity index (χ2v) is 6.15. The van der Waals surface area contributed by atoms with Crippen LogP contribution in [0.1, 0.15) is 32.0 Å². The summed E-state index contributed by atoms with van der Waals surface area (Å²) in [5.41, 5.74) is 2.18. The average molecular weight is 314 g/mol. The molecule has 2 aromatic rings. The van der Waals surface area contributed by atoms with E-state index in [9.17, 15) is 4.79 Å². The van der Waals surface area contributed by atoms with Gasteiger partial charge in [0, 0.05) is 45.6 Å². The number of aromatic nitrogens is 2. The lowest BCUT2D eigenvalue weighted by atomic mass is 10.2. The van der Waals surface area contributed by atoms with Crippen molar-refractivity contribution in [1.82, 2.24) is 19.8 Å². The summed E-state index contributed by atoms with van der Waals surface area (Å²) < 4.78 is 2.24. The van der Waals surface area contributed by atoms with Gasteiger partial charge in [0.05, 0.1) is 11.0 Å². The Morgan fingerprint density at radius 3 is 2.83 bits per heavy atom. The standard InChI is InChI=1S/C18H26N4O/c1-2-3-8-17-20-15-6-4-5-7-16(15)22(17)12-9-18(23)21-13-10-19-11-14-21/h4-7,19H,2-3,8-14H2,1H3. The zero-order valence-corrected chi connectivity index (χ0v) is 13.9. The number of carbonyl (C=O) groups is 1. The number of hydrogen-bond donors (Lipinski definition) is 1. The van der Waals surface area contributed by atoms with Crippen molar-refractivity contribution in [3.63, 3.8) is 0 Å². The van der Waals surface area contributed by atoms with Crippen LogP contribution in [0.2, 0.25) is 0 Å². The number of hydrogen-bond acceptors (Lipinski definition) is 3. The van der Waals surface area contributed by atoms with Crippen molar-refractivity contribution in [2.75, 3.05) is 26.2 Å². The highest BCUT2D eigenvalue weighted by molar-refractivity contribution is 5.78. The molecule has 1 aromatic carbocycles. The first kappa shape index (κ1) is 16.0. The minimum absolute atomic E-state index is 0.255. The van der Waals surface area contributed by atoms with E-state index in [0.29, 0.717) is 6.42 Å². The molecule has 0 atom stereocenters. The number of amides is 1. The molecule has 1 saturated heterocycles. The maximum absolute atomic E-state index is 12.4. The van der Waals surface area contributed by atoms with Crippen molar-refractivity contribution in [2.45, 2.75) is 39.2 Å². The molecule has 0 spiro atoms. The van der Waals surface area contributed by atoms with Crippen LogP contribution in [0.3, 0.4) is 0 Å². The third-order valence-electron chi connectivity index (χ3n) is 4.51. The quantitative estimate of drug-likeness (QED) is 0.889. The van der Waals surface area contributed by atoms with Gasteiger partial charge in [0.25, 0.3) is 0 Å². The Morgan fingerprint density at radius 1 is 1.26 bits per heavy atom. The summed E-state index contributed by atoms with van der Waals surface area (Å²) in [4.78, 5) is 19.2. The van der Waals surface area contributed by atoms with Crippen LogP contribution in [0.5, 0.6) is 0 Å². The lowest BCUT2D eigenvalue weighted by Gasteiger charge is -2.27. The van der Waals surface area contributed by atoms with E-state index < -0.39 is 0 Å². The first-order valence-corrected chi connectivity index (χ1v) is 8.72. The van der Waals surface area contributed by atoms with Gasteiger partial charge in [-0.05, 0) is 18.6 Å². The van der Waals surface area contributed by atoms with Gasteiger partial charge in [-0.3, -0.25) is 4.79 Å². The molecule has 1 aliphatic heterocycles. The predicted octanol–water partition coefficient (Wildman–Crippen LogP) is 2.20. The van der Waals surface area contributed by atoms with Crippen LogP contribution >= 0.6 is 0 Å². The summed E-state index contributed by atoms with van der Waals surface area (Å²) in [6, 6.07) is 8.23. The third-order valence-corrected chi connectivity index (χ3v) is 4.51. The number of aryl methyl sites for hydroxylation is 2. The molecule has 1 aromatic heterocycles. The van der Waals surface area contributed by atoms with Crippen molar-refractivity contribution < 1.29 is 4.79 Å². The normalized spacial score (nSPS) is 15.3.